The zero-order valence-electron chi connectivity index (χ0n) is 14.0. The van der Waals surface area contributed by atoms with Gasteiger partial charge in [0, 0.05) is 25.2 Å². The minimum atomic E-state index is -0.397. The summed E-state index contributed by atoms with van der Waals surface area (Å²) in [6.45, 7) is 4.20. The molecule has 24 heavy (non-hydrogen) atoms. The van der Waals surface area contributed by atoms with Crippen molar-refractivity contribution >= 4 is 29.5 Å². The van der Waals surface area contributed by atoms with Gasteiger partial charge in [0.1, 0.15) is 6.04 Å². The zero-order chi connectivity index (χ0) is 17.5. The molecule has 0 aromatic heterocycles. The Labute approximate surface area is 141 Å². The van der Waals surface area contributed by atoms with Gasteiger partial charge >= 0.3 is 5.97 Å². The molecular formula is C18H22N2O4. The SMILES string of the molecule is CCOC(=O)/C=C/c1ccc(NC(=O)C2CCCN2C(C)=O)cc1. The molecular weight excluding hydrogens is 308 g/mol. The van der Waals surface area contributed by atoms with E-state index in [1.54, 1.807) is 42.2 Å². The highest BCUT2D eigenvalue weighted by Crippen LogP contribution is 2.19. The topological polar surface area (TPSA) is 75.7 Å². The Morgan fingerprint density at radius 2 is 2.00 bits per heavy atom. The van der Waals surface area contributed by atoms with Crippen LogP contribution in [0.4, 0.5) is 5.69 Å². The number of hydrogen-bond acceptors (Lipinski definition) is 4. The smallest absolute Gasteiger partial charge is 0.330 e. The number of nitrogens with zero attached hydrogens (tertiary/aromatic N) is 1. The molecule has 1 atom stereocenters. The molecule has 1 aromatic rings. The van der Waals surface area contributed by atoms with E-state index in [4.69, 9.17) is 4.74 Å². The van der Waals surface area contributed by atoms with E-state index in [1.807, 2.05) is 0 Å². The average Bonchev–Trinajstić information content (AvgIpc) is 3.04. The van der Waals surface area contributed by atoms with E-state index in [9.17, 15) is 14.4 Å². The van der Waals surface area contributed by atoms with E-state index in [1.165, 1.54) is 13.0 Å². The van der Waals surface area contributed by atoms with Gasteiger partial charge in [-0.05, 0) is 43.5 Å². The predicted octanol–water partition coefficient (Wildman–Crippen LogP) is 2.21. The molecule has 0 saturated carbocycles. The van der Waals surface area contributed by atoms with Crippen LogP contribution in [0.1, 0.15) is 32.3 Å². The summed E-state index contributed by atoms with van der Waals surface area (Å²) in [4.78, 5) is 36.7. The van der Waals surface area contributed by atoms with Crippen LogP contribution in [0.15, 0.2) is 30.3 Å². The molecule has 1 N–H and O–H groups in total. The number of nitrogens with one attached hydrogen (secondary N) is 1. The van der Waals surface area contributed by atoms with Crippen molar-refractivity contribution in [2.45, 2.75) is 32.7 Å². The van der Waals surface area contributed by atoms with Crippen LogP contribution in [-0.2, 0) is 19.1 Å². The molecule has 1 unspecified atom stereocenters. The van der Waals surface area contributed by atoms with Crippen molar-refractivity contribution in [1.29, 1.82) is 0 Å². The van der Waals surface area contributed by atoms with E-state index in [0.717, 1.165) is 12.0 Å². The molecule has 1 aliphatic rings. The molecule has 2 amide bonds. The molecule has 6 nitrogen and oxygen atoms in total. The molecule has 1 fully saturated rings. The highest BCUT2D eigenvalue weighted by molar-refractivity contribution is 5.97. The number of anilines is 1. The number of hydrogen-bond donors (Lipinski definition) is 1. The summed E-state index contributed by atoms with van der Waals surface area (Å²) in [6.07, 6.45) is 4.54. The van der Waals surface area contributed by atoms with Gasteiger partial charge in [-0.2, -0.15) is 0 Å². The third kappa shape index (κ3) is 4.68. The molecule has 1 saturated heterocycles. The lowest BCUT2D eigenvalue weighted by Crippen LogP contribution is -2.42. The molecule has 0 radical (unpaired) electrons. The molecule has 0 bridgehead atoms. The number of rotatable bonds is 5. The Balaban J connectivity index is 1.95. The number of benzene rings is 1. The molecule has 1 aromatic carbocycles. The van der Waals surface area contributed by atoms with E-state index in [0.29, 0.717) is 25.3 Å². The normalized spacial score (nSPS) is 17.1. The van der Waals surface area contributed by atoms with Crippen LogP contribution in [0.25, 0.3) is 6.08 Å². The van der Waals surface area contributed by atoms with Crippen LogP contribution in [-0.4, -0.2) is 41.9 Å². The fourth-order valence-corrected chi connectivity index (χ4v) is 2.67. The summed E-state index contributed by atoms with van der Waals surface area (Å²) in [5.74, 6) is -0.634. The van der Waals surface area contributed by atoms with Crippen molar-refractivity contribution in [1.82, 2.24) is 4.90 Å². The molecule has 1 aliphatic heterocycles. The van der Waals surface area contributed by atoms with Gasteiger partial charge in [-0.25, -0.2) is 4.79 Å². The first-order chi connectivity index (χ1) is 11.5. The van der Waals surface area contributed by atoms with Crippen LogP contribution in [0.2, 0.25) is 0 Å². The Morgan fingerprint density at radius 1 is 1.29 bits per heavy atom. The van der Waals surface area contributed by atoms with Gasteiger partial charge in [0.15, 0.2) is 0 Å². The Kier molecular flexibility index (Phi) is 6.12. The minimum absolute atomic E-state index is 0.0768. The number of likely N-dealkylation sites (tertiary alicyclic amines) is 1. The second-order valence-electron chi connectivity index (χ2n) is 5.57. The van der Waals surface area contributed by atoms with E-state index < -0.39 is 6.04 Å². The second-order valence-corrected chi connectivity index (χ2v) is 5.57. The fraction of sp³-hybridized carbons (Fsp3) is 0.389. The van der Waals surface area contributed by atoms with Crippen LogP contribution >= 0.6 is 0 Å². The van der Waals surface area contributed by atoms with Crippen LogP contribution < -0.4 is 5.32 Å². The van der Waals surface area contributed by atoms with Gasteiger partial charge in [0.25, 0.3) is 0 Å². The van der Waals surface area contributed by atoms with E-state index in [2.05, 4.69) is 5.32 Å². The van der Waals surface area contributed by atoms with Crippen LogP contribution in [0, 0.1) is 0 Å². The predicted molar refractivity (Wildman–Crippen MR) is 91.1 cm³/mol. The first-order valence-corrected chi connectivity index (χ1v) is 8.04. The molecule has 6 heteroatoms. The maximum absolute atomic E-state index is 12.3. The zero-order valence-corrected chi connectivity index (χ0v) is 14.0. The average molecular weight is 330 g/mol. The third-order valence-electron chi connectivity index (χ3n) is 3.84. The summed E-state index contributed by atoms with van der Waals surface area (Å²) in [6, 6.07) is 6.71. The van der Waals surface area contributed by atoms with Gasteiger partial charge in [0.05, 0.1) is 6.61 Å². The molecule has 0 aliphatic carbocycles. The van der Waals surface area contributed by atoms with Crippen molar-refractivity contribution in [2.75, 3.05) is 18.5 Å². The largest absolute Gasteiger partial charge is 0.463 e. The summed E-state index contributed by atoms with van der Waals surface area (Å²) < 4.78 is 4.81. The van der Waals surface area contributed by atoms with E-state index >= 15 is 0 Å². The van der Waals surface area contributed by atoms with Crippen molar-refractivity contribution in [2.24, 2.45) is 0 Å². The summed E-state index contributed by atoms with van der Waals surface area (Å²) in [7, 11) is 0. The van der Waals surface area contributed by atoms with Crippen LogP contribution in [0.5, 0.6) is 0 Å². The number of esters is 1. The summed E-state index contributed by atoms with van der Waals surface area (Å²) in [5, 5.41) is 2.83. The fourth-order valence-electron chi connectivity index (χ4n) is 2.67. The number of carbonyl (C=O) groups is 3. The first kappa shape index (κ1) is 17.7. The summed E-state index contributed by atoms with van der Waals surface area (Å²) in [5.41, 5.74) is 1.48. The highest BCUT2D eigenvalue weighted by Gasteiger charge is 2.32. The van der Waals surface area contributed by atoms with Crippen molar-refractivity contribution < 1.29 is 19.1 Å². The molecule has 1 heterocycles. The molecule has 0 spiro atoms. The van der Waals surface area contributed by atoms with Gasteiger partial charge in [0.2, 0.25) is 11.8 Å². The highest BCUT2D eigenvalue weighted by atomic mass is 16.5. The maximum Gasteiger partial charge on any atom is 0.330 e. The second kappa shape index (κ2) is 8.29. The standard InChI is InChI=1S/C18H22N2O4/c1-3-24-17(22)11-8-14-6-9-15(10-7-14)19-18(23)16-5-4-12-20(16)13(2)21/h6-11,16H,3-5,12H2,1-2H3,(H,19,23)/b11-8+. The Bertz CT molecular complexity index is 637. The van der Waals surface area contributed by atoms with Gasteiger partial charge in [-0.1, -0.05) is 12.1 Å². The number of amides is 2. The van der Waals surface area contributed by atoms with Gasteiger partial charge < -0.3 is 15.0 Å². The molecule has 128 valence electrons. The van der Waals surface area contributed by atoms with E-state index in [-0.39, 0.29) is 17.8 Å². The van der Waals surface area contributed by atoms with Crippen molar-refractivity contribution in [3.63, 3.8) is 0 Å². The lowest BCUT2D eigenvalue weighted by atomic mass is 10.1. The van der Waals surface area contributed by atoms with Crippen molar-refractivity contribution in [3.8, 4) is 0 Å². The lowest BCUT2D eigenvalue weighted by molar-refractivity contribution is -0.137. The summed E-state index contributed by atoms with van der Waals surface area (Å²) >= 11 is 0. The van der Waals surface area contributed by atoms with Gasteiger partial charge in [-0.3, -0.25) is 9.59 Å². The molecule has 2 rings (SSSR count). The Morgan fingerprint density at radius 3 is 2.62 bits per heavy atom. The van der Waals surface area contributed by atoms with Crippen LogP contribution in [0.3, 0.4) is 0 Å². The quantitative estimate of drug-likeness (QED) is 0.663. The van der Waals surface area contributed by atoms with Gasteiger partial charge in [-0.15, -0.1) is 0 Å². The monoisotopic (exact) mass is 330 g/mol. The lowest BCUT2D eigenvalue weighted by Gasteiger charge is -2.22. The number of ether oxygens (including phenoxy) is 1. The third-order valence-corrected chi connectivity index (χ3v) is 3.84. The van der Waals surface area contributed by atoms with Crippen molar-refractivity contribution in [3.05, 3.63) is 35.9 Å². The first-order valence-electron chi connectivity index (χ1n) is 8.04. The maximum atomic E-state index is 12.3. The Hall–Kier alpha value is -2.63. The minimum Gasteiger partial charge on any atom is -0.463 e. The number of carbonyl (C=O) groups excluding carboxylic acids is 3.